The van der Waals surface area contributed by atoms with Crippen LogP contribution in [-0.4, -0.2) is 17.0 Å². The number of ether oxygens (including phenoxy) is 1. The minimum absolute atomic E-state index is 0.00380. The number of H-pyrrole nitrogens is 1. The molecule has 0 unspecified atom stereocenters. The van der Waals surface area contributed by atoms with Crippen molar-refractivity contribution in [1.82, 2.24) is 4.98 Å². The summed E-state index contributed by atoms with van der Waals surface area (Å²) in [6.45, 7) is 3.84. The molecule has 0 atom stereocenters. The monoisotopic (exact) mass is 312 g/mol. The number of hydrogen-bond acceptors (Lipinski definition) is 2. The molecule has 0 saturated carbocycles. The molecule has 5 heteroatoms. The highest BCUT2D eigenvalue weighted by atomic mass is 19.1. The summed E-state index contributed by atoms with van der Waals surface area (Å²) in [4.78, 5) is 15.4. The lowest BCUT2D eigenvalue weighted by atomic mass is 10.2. The molecular weight excluding hydrogens is 295 g/mol. The Bertz CT molecular complexity index is 855. The molecule has 1 heterocycles. The fourth-order valence-corrected chi connectivity index (χ4v) is 2.34. The number of halogens is 1. The van der Waals surface area contributed by atoms with E-state index in [9.17, 15) is 9.18 Å². The van der Waals surface area contributed by atoms with Gasteiger partial charge in [0, 0.05) is 10.9 Å². The number of carbonyl (C=O) groups excluding carboxylic acids is 1. The SMILES string of the molecule is CC(C)Oc1ccccc1NC(=O)c1cc2cc(F)ccc2[nH]1. The van der Waals surface area contributed by atoms with Gasteiger partial charge in [-0.25, -0.2) is 4.39 Å². The van der Waals surface area contributed by atoms with Crippen LogP contribution in [0.15, 0.2) is 48.5 Å². The van der Waals surface area contributed by atoms with Crippen molar-refractivity contribution in [1.29, 1.82) is 0 Å². The molecular formula is C18H17FN2O2. The molecule has 0 radical (unpaired) electrons. The minimum atomic E-state index is -0.334. The Morgan fingerprint density at radius 1 is 1.17 bits per heavy atom. The second-order valence-corrected chi connectivity index (χ2v) is 5.53. The van der Waals surface area contributed by atoms with Crippen molar-refractivity contribution in [2.24, 2.45) is 0 Å². The molecule has 0 fully saturated rings. The Hall–Kier alpha value is -2.82. The van der Waals surface area contributed by atoms with Gasteiger partial charge in [-0.3, -0.25) is 4.79 Å². The summed E-state index contributed by atoms with van der Waals surface area (Å²) in [7, 11) is 0. The van der Waals surface area contributed by atoms with Crippen LogP contribution in [0.1, 0.15) is 24.3 Å². The molecule has 2 N–H and O–H groups in total. The molecule has 3 aromatic rings. The van der Waals surface area contributed by atoms with Gasteiger partial charge >= 0.3 is 0 Å². The van der Waals surface area contributed by atoms with Crippen molar-refractivity contribution in [3.8, 4) is 5.75 Å². The van der Waals surface area contributed by atoms with E-state index in [1.165, 1.54) is 12.1 Å². The number of rotatable bonds is 4. The first kappa shape index (κ1) is 15.1. The first-order valence-corrected chi connectivity index (χ1v) is 7.38. The average molecular weight is 312 g/mol. The number of hydrogen-bond donors (Lipinski definition) is 2. The smallest absolute Gasteiger partial charge is 0.272 e. The van der Waals surface area contributed by atoms with Crippen LogP contribution in [0.5, 0.6) is 5.75 Å². The lowest BCUT2D eigenvalue weighted by molar-refractivity contribution is 0.102. The maximum atomic E-state index is 13.2. The van der Waals surface area contributed by atoms with Crippen molar-refractivity contribution in [2.75, 3.05) is 5.32 Å². The number of fused-ring (bicyclic) bond motifs is 1. The fraction of sp³-hybridized carbons (Fsp3) is 0.167. The molecule has 23 heavy (non-hydrogen) atoms. The van der Waals surface area contributed by atoms with E-state index in [-0.39, 0.29) is 17.8 Å². The standard InChI is InChI=1S/C18H17FN2O2/c1-11(2)23-17-6-4-3-5-15(17)21-18(22)16-10-12-9-13(19)7-8-14(12)20-16/h3-11,20H,1-2H3,(H,21,22). The lowest BCUT2D eigenvalue weighted by Crippen LogP contribution is -2.14. The maximum absolute atomic E-state index is 13.2. The van der Waals surface area contributed by atoms with E-state index < -0.39 is 0 Å². The summed E-state index contributed by atoms with van der Waals surface area (Å²) >= 11 is 0. The molecule has 0 aliphatic rings. The maximum Gasteiger partial charge on any atom is 0.272 e. The van der Waals surface area contributed by atoms with Gasteiger partial charge in [-0.1, -0.05) is 12.1 Å². The van der Waals surface area contributed by atoms with Crippen LogP contribution in [0.4, 0.5) is 10.1 Å². The first-order chi connectivity index (χ1) is 11.0. The van der Waals surface area contributed by atoms with Crippen molar-refractivity contribution in [2.45, 2.75) is 20.0 Å². The molecule has 1 aromatic heterocycles. The zero-order valence-electron chi connectivity index (χ0n) is 12.9. The van der Waals surface area contributed by atoms with Crippen LogP contribution in [0.2, 0.25) is 0 Å². The van der Waals surface area contributed by atoms with Gasteiger partial charge in [0.1, 0.15) is 17.3 Å². The van der Waals surface area contributed by atoms with Crippen LogP contribution >= 0.6 is 0 Å². The van der Waals surface area contributed by atoms with Gasteiger partial charge in [0.15, 0.2) is 0 Å². The number of anilines is 1. The fourth-order valence-electron chi connectivity index (χ4n) is 2.34. The van der Waals surface area contributed by atoms with Crippen molar-refractivity contribution in [3.05, 3.63) is 60.0 Å². The predicted octanol–water partition coefficient (Wildman–Crippen LogP) is 4.35. The van der Waals surface area contributed by atoms with Crippen LogP contribution in [-0.2, 0) is 0 Å². The predicted molar refractivity (Wildman–Crippen MR) is 88.4 cm³/mol. The highest BCUT2D eigenvalue weighted by Gasteiger charge is 2.13. The van der Waals surface area contributed by atoms with Crippen LogP contribution in [0.3, 0.4) is 0 Å². The van der Waals surface area contributed by atoms with Crippen molar-refractivity contribution in [3.63, 3.8) is 0 Å². The first-order valence-electron chi connectivity index (χ1n) is 7.38. The molecule has 0 bridgehead atoms. The van der Waals surface area contributed by atoms with Crippen molar-refractivity contribution >= 4 is 22.5 Å². The van der Waals surface area contributed by atoms with Crippen LogP contribution in [0.25, 0.3) is 10.9 Å². The molecule has 0 aliphatic heterocycles. The van der Waals surface area contributed by atoms with Crippen LogP contribution in [0, 0.1) is 5.82 Å². The van der Waals surface area contributed by atoms with Gasteiger partial charge in [0.05, 0.1) is 11.8 Å². The number of amides is 1. The van der Waals surface area contributed by atoms with Crippen LogP contribution < -0.4 is 10.1 Å². The number of aromatic nitrogens is 1. The van der Waals surface area contributed by atoms with Gasteiger partial charge in [0.25, 0.3) is 5.91 Å². The Morgan fingerprint density at radius 3 is 2.74 bits per heavy atom. The minimum Gasteiger partial charge on any atom is -0.489 e. The summed E-state index contributed by atoms with van der Waals surface area (Å²) in [6, 6.07) is 13.2. The zero-order valence-corrected chi connectivity index (χ0v) is 12.9. The number of aromatic amines is 1. The Balaban J connectivity index is 1.86. The van der Waals surface area contributed by atoms with E-state index >= 15 is 0 Å². The van der Waals surface area contributed by atoms with Gasteiger partial charge in [-0.05, 0) is 50.2 Å². The molecule has 2 aromatic carbocycles. The molecule has 0 spiro atoms. The second-order valence-electron chi connectivity index (χ2n) is 5.53. The quantitative estimate of drug-likeness (QED) is 0.752. The van der Waals surface area contributed by atoms with E-state index in [4.69, 9.17) is 4.74 Å². The second kappa shape index (κ2) is 6.12. The average Bonchev–Trinajstić information content (AvgIpc) is 2.92. The van der Waals surface area contributed by atoms with Gasteiger partial charge in [0.2, 0.25) is 0 Å². The Morgan fingerprint density at radius 2 is 1.96 bits per heavy atom. The Labute approximate surface area is 133 Å². The summed E-state index contributed by atoms with van der Waals surface area (Å²) in [5, 5.41) is 3.47. The highest BCUT2D eigenvalue weighted by Crippen LogP contribution is 2.26. The number of para-hydroxylation sites is 2. The normalized spacial score (nSPS) is 11.0. The summed E-state index contributed by atoms with van der Waals surface area (Å²) in [5.74, 6) is -0.0291. The molecule has 0 aliphatic carbocycles. The van der Waals surface area contributed by atoms with E-state index in [0.717, 1.165) is 0 Å². The topological polar surface area (TPSA) is 54.1 Å². The van der Waals surface area contributed by atoms with E-state index in [1.807, 2.05) is 26.0 Å². The molecule has 0 saturated heterocycles. The molecule has 1 amide bonds. The van der Waals surface area contributed by atoms with Gasteiger partial charge in [-0.15, -0.1) is 0 Å². The third-order valence-corrected chi connectivity index (χ3v) is 3.33. The highest BCUT2D eigenvalue weighted by molar-refractivity contribution is 6.06. The van der Waals surface area contributed by atoms with Crippen molar-refractivity contribution < 1.29 is 13.9 Å². The summed E-state index contributed by atoms with van der Waals surface area (Å²) in [5.41, 5.74) is 1.67. The number of nitrogens with one attached hydrogen (secondary N) is 2. The van der Waals surface area contributed by atoms with Gasteiger partial charge in [-0.2, -0.15) is 0 Å². The molecule has 118 valence electrons. The molecule has 4 nitrogen and oxygen atoms in total. The van der Waals surface area contributed by atoms with E-state index in [0.29, 0.717) is 28.0 Å². The molecule has 3 rings (SSSR count). The number of carbonyl (C=O) groups is 1. The zero-order chi connectivity index (χ0) is 16.4. The van der Waals surface area contributed by atoms with Gasteiger partial charge < -0.3 is 15.0 Å². The van der Waals surface area contributed by atoms with E-state index in [1.54, 1.807) is 24.3 Å². The largest absolute Gasteiger partial charge is 0.489 e. The summed E-state index contributed by atoms with van der Waals surface area (Å²) in [6.07, 6.45) is 0.00380. The van der Waals surface area contributed by atoms with E-state index in [2.05, 4.69) is 10.3 Å². The lowest BCUT2D eigenvalue weighted by Gasteiger charge is -2.14. The Kier molecular flexibility index (Phi) is 4.02. The third-order valence-electron chi connectivity index (χ3n) is 3.33. The third kappa shape index (κ3) is 3.34. The number of benzene rings is 2. The summed E-state index contributed by atoms with van der Waals surface area (Å²) < 4.78 is 18.9.